The summed E-state index contributed by atoms with van der Waals surface area (Å²) in [5, 5.41) is 3.42. The van der Waals surface area contributed by atoms with Crippen LogP contribution in [0.3, 0.4) is 0 Å². The zero-order valence-corrected chi connectivity index (χ0v) is 12.7. The predicted molar refractivity (Wildman–Crippen MR) is 76.9 cm³/mol. The summed E-state index contributed by atoms with van der Waals surface area (Å²) in [4.78, 5) is 0. The quantitative estimate of drug-likeness (QED) is 0.909. The largest absolute Gasteiger partial charge is 0.489 e. The summed E-state index contributed by atoms with van der Waals surface area (Å²) in [6.45, 7) is 0. The van der Waals surface area contributed by atoms with Gasteiger partial charge in [-0.3, -0.25) is 0 Å². The van der Waals surface area contributed by atoms with Crippen molar-refractivity contribution < 1.29 is 9.13 Å². The Morgan fingerprint density at radius 2 is 2.11 bits per heavy atom. The third-order valence-corrected chi connectivity index (χ3v) is 5.45. The van der Waals surface area contributed by atoms with Crippen LogP contribution in [0.1, 0.15) is 32.1 Å². The van der Waals surface area contributed by atoms with E-state index in [0.29, 0.717) is 15.9 Å². The van der Waals surface area contributed by atoms with Gasteiger partial charge in [0.1, 0.15) is 17.7 Å². The number of rotatable bonds is 3. The number of ether oxygens (including phenoxy) is 1. The molecule has 2 atom stereocenters. The van der Waals surface area contributed by atoms with Crippen LogP contribution in [0.15, 0.2) is 22.7 Å². The first-order valence-corrected chi connectivity index (χ1v) is 7.74. The minimum Gasteiger partial charge on any atom is -0.489 e. The molecule has 2 nitrogen and oxygen atoms in total. The molecule has 104 valence electrons. The average Bonchev–Trinajstić information content (AvgIpc) is 2.88. The van der Waals surface area contributed by atoms with Gasteiger partial charge in [0.05, 0.1) is 4.47 Å². The average molecular weight is 328 g/mol. The summed E-state index contributed by atoms with van der Waals surface area (Å²) in [7, 11) is 2.04. The topological polar surface area (TPSA) is 21.3 Å². The van der Waals surface area contributed by atoms with Crippen molar-refractivity contribution in [1.82, 2.24) is 5.32 Å². The molecule has 2 fully saturated rings. The van der Waals surface area contributed by atoms with Crippen LogP contribution >= 0.6 is 15.9 Å². The molecule has 1 N–H and O–H groups in total. The molecule has 2 aliphatic rings. The van der Waals surface area contributed by atoms with Gasteiger partial charge in [0, 0.05) is 17.9 Å². The summed E-state index contributed by atoms with van der Waals surface area (Å²) in [5.74, 6) is 0.517. The molecule has 0 aromatic heterocycles. The van der Waals surface area contributed by atoms with Crippen LogP contribution in [-0.4, -0.2) is 19.2 Å². The molecular weight excluding hydrogens is 309 g/mol. The van der Waals surface area contributed by atoms with E-state index in [-0.39, 0.29) is 11.9 Å². The fourth-order valence-corrected chi connectivity index (χ4v) is 4.19. The predicted octanol–water partition coefficient (Wildman–Crippen LogP) is 3.89. The first-order valence-electron chi connectivity index (χ1n) is 6.95. The molecule has 2 aliphatic carbocycles. The highest BCUT2D eigenvalue weighted by Crippen LogP contribution is 2.54. The van der Waals surface area contributed by atoms with Crippen molar-refractivity contribution in [2.24, 2.45) is 5.41 Å². The van der Waals surface area contributed by atoms with E-state index in [1.165, 1.54) is 37.8 Å². The van der Waals surface area contributed by atoms with Crippen molar-refractivity contribution in [2.45, 2.75) is 44.2 Å². The molecule has 0 bridgehead atoms. The Balaban J connectivity index is 1.77. The SMILES string of the molecule is CNC1CC(Oc2ccc(F)cc2Br)C12CCCC2. The highest BCUT2D eigenvalue weighted by molar-refractivity contribution is 9.10. The fraction of sp³-hybridized carbons (Fsp3) is 0.600. The Hall–Kier alpha value is -0.610. The van der Waals surface area contributed by atoms with Gasteiger partial charge in [0.15, 0.2) is 0 Å². The standard InChI is InChI=1S/C15H19BrFNO/c1-18-13-9-14(15(13)6-2-3-7-15)19-12-5-4-10(17)8-11(12)16/h4-5,8,13-14,18H,2-3,6-7,9H2,1H3. The molecule has 3 rings (SSSR count). The summed E-state index contributed by atoms with van der Waals surface area (Å²) in [6, 6.07) is 5.20. The summed E-state index contributed by atoms with van der Waals surface area (Å²) < 4.78 is 20.0. The van der Waals surface area contributed by atoms with Gasteiger partial charge in [-0.2, -0.15) is 0 Å². The number of benzene rings is 1. The Labute approximate surface area is 121 Å². The van der Waals surface area contributed by atoms with Crippen molar-refractivity contribution >= 4 is 15.9 Å². The Bertz CT molecular complexity index is 473. The van der Waals surface area contributed by atoms with Crippen molar-refractivity contribution in [2.75, 3.05) is 7.05 Å². The van der Waals surface area contributed by atoms with Crippen molar-refractivity contribution in [1.29, 1.82) is 0 Å². The van der Waals surface area contributed by atoms with Crippen molar-refractivity contribution in [3.63, 3.8) is 0 Å². The zero-order valence-electron chi connectivity index (χ0n) is 11.1. The van der Waals surface area contributed by atoms with Gasteiger partial charge in [-0.1, -0.05) is 12.8 Å². The lowest BCUT2D eigenvalue weighted by Crippen LogP contribution is -2.63. The molecule has 0 heterocycles. The van der Waals surface area contributed by atoms with Crippen molar-refractivity contribution in [3.8, 4) is 5.75 Å². The van der Waals surface area contributed by atoms with E-state index >= 15 is 0 Å². The highest BCUT2D eigenvalue weighted by atomic mass is 79.9. The molecule has 1 aromatic rings. The second kappa shape index (κ2) is 5.06. The van der Waals surface area contributed by atoms with Crippen LogP contribution in [-0.2, 0) is 0 Å². The number of hydrogen-bond acceptors (Lipinski definition) is 2. The van der Waals surface area contributed by atoms with E-state index in [9.17, 15) is 4.39 Å². The van der Waals surface area contributed by atoms with E-state index in [1.807, 2.05) is 7.05 Å². The molecule has 0 amide bonds. The second-order valence-electron chi connectivity index (χ2n) is 5.70. The lowest BCUT2D eigenvalue weighted by Gasteiger charge is -2.53. The van der Waals surface area contributed by atoms with Crippen LogP contribution in [0.4, 0.5) is 4.39 Å². The van der Waals surface area contributed by atoms with Crippen LogP contribution < -0.4 is 10.1 Å². The van der Waals surface area contributed by atoms with Crippen LogP contribution in [0, 0.1) is 11.2 Å². The molecule has 19 heavy (non-hydrogen) atoms. The second-order valence-corrected chi connectivity index (χ2v) is 6.55. The third kappa shape index (κ3) is 2.19. The fourth-order valence-electron chi connectivity index (χ4n) is 3.75. The van der Waals surface area contributed by atoms with Gasteiger partial charge in [0.25, 0.3) is 0 Å². The maximum atomic E-state index is 13.1. The molecule has 2 saturated carbocycles. The Kier molecular flexibility index (Phi) is 3.56. The minimum absolute atomic E-state index is 0.239. The highest BCUT2D eigenvalue weighted by Gasteiger charge is 2.57. The smallest absolute Gasteiger partial charge is 0.134 e. The first kappa shape index (κ1) is 13.4. The van der Waals surface area contributed by atoms with Gasteiger partial charge in [-0.05, 0) is 54.0 Å². The third-order valence-electron chi connectivity index (χ3n) is 4.83. The van der Waals surface area contributed by atoms with Gasteiger partial charge in [-0.25, -0.2) is 4.39 Å². The lowest BCUT2D eigenvalue weighted by atomic mass is 9.60. The van der Waals surface area contributed by atoms with E-state index in [1.54, 1.807) is 6.07 Å². The van der Waals surface area contributed by atoms with Crippen LogP contribution in [0.2, 0.25) is 0 Å². The van der Waals surface area contributed by atoms with Gasteiger partial charge >= 0.3 is 0 Å². The molecule has 4 heteroatoms. The first-order chi connectivity index (χ1) is 9.15. The molecule has 0 radical (unpaired) electrons. The van der Waals surface area contributed by atoms with E-state index in [0.717, 1.165) is 12.2 Å². The zero-order chi connectivity index (χ0) is 13.5. The Morgan fingerprint density at radius 1 is 1.37 bits per heavy atom. The van der Waals surface area contributed by atoms with Gasteiger partial charge < -0.3 is 10.1 Å². The van der Waals surface area contributed by atoms with Crippen molar-refractivity contribution in [3.05, 3.63) is 28.5 Å². The van der Waals surface area contributed by atoms with Crippen LogP contribution in [0.5, 0.6) is 5.75 Å². The maximum absolute atomic E-state index is 13.1. The summed E-state index contributed by atoms with van der Waals surface area (Å²) in [5.41, 5.74) is 0.294. The summed E-state index contributed by atoms with van der Waals surface area (Å²) >= 11 is 3.38. The molecule has 2 unspecified atom stereocenters. The maximum Gasteiger partial charge on any atom is 0.134 e. The lowest BCUT2D eigenvalue weighted by molar-refractivity contribution is -0.0740. The monoisotopic (exact) mass is 327 g/mol. The normalized spacial score (nSPS) is 28.4. The minimum atomic E-state index is -0.239. The molecule has 0 saturated heterocycles. The van der Waals surface area contributed by atoms with E-state index < -0.39 is 0 Å². The van der Waals surface area contributed by atoms with Crippen LogP contribution in [0.25, 0.3) is 0 Å². The molecule has 0 aliphatic heterocycles. The van der Waals surface area contributed by atoms with E-state index in [4.69, 9.17) is 4.74 Å². The van der Waals surface area contributed by atoms with E-state index in [2.05, 4.69) is 21.2 Å². The summed E-state index contributed by atoms with van der Waals surface area (Å²) in [6.07, 6.45) is 6.37. The van der Waals surface area contributed by atoms with Gasteiger partial charge in [-0.15, -0.1) is 0 Å². The number of halogens is 2. The van der Waals surface area contributed by atoms with Gasteiger partial charge in [0.2, 0.25) is 0 Å². The Morgan fingerprint density at radius 3 is 2.74 bits per heavy atom. The molecule has 1 spiro atoms. The number of nitrogens with one attached hydrogen (secondary N) is 1. The number of hydrogen-bond donors (Lipinski definition) is 1. The molecular formula is C15H19BrFNO. The molecule has 1 aromatic carbocycles.